The third-order valence-corrected chi connectivity index (χ3v) is 2.71. The van der Waals surface area contributed by atoms with E-state index in [-0.39, 0.29) is 22.8 Å². The van der Waals surface area contributed by atoms with Gasteiger partial charge in [-0.25, -0.2) is 9.37 Å². The van der Waals surface area contributed by atoms with Crippen molar-refractivity contribution in [3.8, 4) is 6.07 Å². The number of rotatable bonds is 4. The molecule has 0 spiro atoms. The molecule has 0 aliphatic rings. The molecule has 0 radical (unpaired) electrons. The molecule has 0 bridgehead atoms. The van der Waals surface area contributed by atoms with Crippen molar-refractivity contribution in [1.82, 2.24) is 4.98 Å². The lowest BCUT2D eigenvalue weighted by Crippen LogP contribution is -2.04. The van der Waals surface area contributed by atoms with E-state index in [1.807, 2.05) is 0 Å². The molecule has 0 saturated carbocycles. The van der Waals surface area contributed by atoms with Gasteiger partial charge in [-0.05, 0) is 18.2 Å². The van der Waals surface area contributed by atoms with E-state index in [0.717, 1.165) is 6.07 Å². The van der Waals surface area contributed by atoms with Crippen LogP contribution in [0.3, 0.4) is 0 Å². The minimum Gasteiger partial charge on any atom is -0.373 e. The first kappa shape index (κ1) is 14.2. The van der Waals surface area contributed by atoms with Crippen molar-refractivity contribution in [2.24, 2.45) is 0 Å². The summed E-state index contributed by atoms with van der Waals surface area (Å²) in [5, 5.41) is 25.3. The summed E-state index contributed by atoms with van der Waals surface area (Å²) in [4.78, 5) is 14.4. The first-order valence-electron chi connectivity index (χ1n) is 5.85. The van der Waals surface area contributed by atoms with Gasteiger partial charge >= 0.3 is 5.69 Å². The second-order valence-electron chi connectivity index (χ2n) is 3.97. The Morgan fingerprint density at radius 2 is 2.14 bits per heavy atom. The standard InChI is InChI=1S/C13H10FN5O2/c1-16-12-6-5-11(19(20)21)13(18-12)17-10-4-2-3-9(14)8(10)7-15/h2-6H,1H3,(H2,16,17,18). The summed E-state index contributed by atoms with van der Waals surface area (Å²) < 4.78 is 13.5. The molecule has 0 aliphatic heterocycles. The lowest BCUT2D eigenvalue weighted by atomic mass is 10.2. The van der Waals surface area contributed by atoms with E-state index in [9.17, 15) is 14.5 Å². The fourth-order valence-electron chi connectivity index (χ4n) is 1.70. The molecular weight excluding hydrogens is 277 g/mol. The number of anilines is 3. The van der Waals surface area contributed by atoms with E-state index in [2.05, 4.69) is 15.6 Å². The van der Waals surface area contributed by atoms with Crippen LogP contribution < -0.4 is 10.6 Å². The van der Waals surface area contributed by atoms with Gasteiger partial charge in [-0.15, -0.1) is 0 Å². The second kappa shape index (κ2) is 5.83. The summed E-state index contributed by atoms with van der Waals surface area (Å²) in [7, 11) is 1.61. The van der Waals surface area contributed by atoms with Crippen LogP contribution in [0.5, 0.6) is 0 Å². The van der Waals surface area contributed by atoms with Crippen molar-refractivity contribution in [3.63, 3.8) is 0 Å². The fourth-order valence-corrected chi connectivity index (χ4v) is 1.70. The Balaban J connectivity index is 2.51. The van der Waals surface area contributed by atoms with Crippen molar-refractivity contribution in [1.29, 1.82) is 5.26 Å². The number of aromatic nitrogens is 1. The number of hydrogen-bond donors (Lipinski definition) is 2. The highest BCUT2D eigenvalue weighted by atomic mass is 19.1. The van der Waals surface area contributed by atoms with Crippen LogP contribution in [0.2, 0.25) is 0 Å². The molecule has 1 aromatic heterocycles. The van der Waals surface area contributed by atoms with Crippen molar-refractivity contribution in [2.75, 3.05) is 17.7 Å². The molecule has 0 amide bonds. The smallest absolute Gasteiger partial charge is 0.311 e. The quantitative estimate of drug-likeness (QED) is 0.662. The average molecular weight is 287 g/mol. The van der Waals surface area contributed by atoms with Gasteiger partial charge in [-0.3, -0.25) is 10.1 Å². The number of nitriles is 1. The summed E-state index contributed by atoms with van der Waals surface area (Å²) in [5.41, 5.74) is -0.396. The molecule has 21 heavy (non-hydrogen) atoms. The Kier molecular flexibility index (Phi) is 3.95. The molecule has 7 nitrogen and oxygen atoms in total. The number of nitro groups is 1. The highest BCUT2D eigenvalue weighted by molar-refractivity contribution is 5.71. The Bertz CT molecular complexity index is 742. The lowest BCUT2D eigenvalue weighted by molar-refractivity contribution is -0.384. The molecule has 1 aromatic carbocycles. The van der Waals surface area contributed by atoms with Crippen molar-refractivity contribution in [2.45, 2.75) is 0 Å². The van der Waals surface area contributed by atoms with Crippen LogP contribution >= 0.6 is 0 Å². The van der Waals surface area contributed by atoms with Gasteiger partial charge in [0.1, 0.15) is 23.3 Å². The fraction of sp³-hybridized carbons (Fsp3) is 0.0769. The SMILES string of the molecule is CNc1ccc([N+](=O)[O-])c(Nc2cccc(F)c2C#N)n1. The lowest BCUT2D eigenvalue weighted by Gasteiger charge is -2.09. The topological polar surface area (TPSA) is 104 Å². The summed E-state index contributed by atoms with van der Waals surface area (Å²) in [6, 6.07) is 8.40. The van der Waals surface area contributed by atoms with Crippen LogP contribution in [0, 0.1) is 27.3 Å². The zero-order valence-electron chi connectivity index (χ0n) is 10.9. The molecule has 1 heterocycles. The predicted octanol–water partition coefficient (Wildman–Crippen LogP) is 2.79. The monoisotopic (exact) mass is 287 g/mol. The zero-order chi connectivity index (χ0) is 15.4. The first-order valence-corrected chi connectivity index (χ1v) is 5.85. The molecule has 0 fully saturated rings. The van der Waals surface area contributed by atoms with Gasteiger partial charge in [0, 0.05) is 13.1 Å². The Morgan fingerprint density at radius 1 is 1.38 bits per heavy atom. The molecule has 8 heteroatoms. The Labute approximate surface area is 119 Å². The molecule has 0 unspecified atom stereocenters. The minimum absolute atomic E-state index is 0.0750. The first-order chi connectivity index (χ1) is 10.1. The molecule has 0 atom stereocenters. The maximum absolute atomic E-state index is 13.5. The number of benzene rings is 1. The number of hydrogen-bond acceptors (Lipinski definition) is 6. The van der Waals surface area contributed by atoms with Crippen LogP contribution in [-0.4, -0.2) is 17.0 Å². The van der Waals surface area contributed by atoms with Gasteiger partial charge in [-0.2, -0.15) is 5.26 Å². The molecule has 2 N–H and O–H groups in total. The van der Waals surface area contributed by atoms with Crippen LogP contribution in [0.4, 0.5) is 27.4 Å². The van der Waals surface area contributed by atoms with E-state index in [1.165, 1.54) is 24.3 Å². The van der Waals surface area contributed by atoms with Crippen molar-refractivity contribution in [3.05, 3.63) is 51.8 Å². The Hall–Kier alpha value is -3.21. The number of nitrogens with one attached hydrogen (secondary N) is 2. The molecule has 0 saturated heterocycles. The maximum Gasteiger partial charge on any atom is 0.311 e. The normalized spacial score (nSPS) is 9.76. The van der Waals surface area contributed by atoms with Gasteiger partial charge < -0.3 is 10.6 Å². The predicted molar refractivity (Wildman–Crippen MR) is 74.8 cm³/mol. The molecule has 106 valence electrons. The summed E-state index contributed by atoms with van der Waals surface area (Å²) >= 11 is 0. The van der Waals surface area contributed by atoms with Crippen molar-refractivity contribution < 1.29 is 9.31 Å². The number of halogens is 1. The third kappa shape index (κ3) is 2.87. The second-order valence-corrected chi connectivity index (χ2v) is 3.97. The molecular formula is C13H10FN5O2. The minimum atomic E-state index is -0.713. The van der Waals surface area contributed by atoms with Crippen LogP contribution in [-0.2, 0) is 0 Å². The highest BCUT2D eigenvalue weighted by Crippen LogP contribution is 2.29. The van der Waals surface area contributed by atoms with Crippen LogP contribution in [0.15, 0.2) is 30.3 Å². The van der Waals surface area contributed by atoms with Gasteiger partial charge in [0.25, 0.3) is 0 Å². The summed E-state index contributed by atoms with van der Waals surface area (Å²) in [5.74, 6) is -0.387. The van der Waals surface area contributed by atoms with Crippen molar-refractivity contribution >= 4 is 23.0 Å². The number of nitrogens with zero attached hydrogens (tertiary/aromatic N) is 3. The van der Waals surface area contributed by atoms with Gasteiger partial charge in [-0.1, -0.05) is 6.07 Å². The van der Waals surface area contributed by atoms with E-state index in [4.69, 9.17) is 5.26 Å². The van der Waals surface area contributed by atoms with Gasteiger partial charge in [0.2, 0.25) is 5.82 Å². The van der Waals surface area contributed by atoms with Crippen LogP contribution in [0.25, 0.3) is 0 Å². The van der Waals surface area contributed by atoms with E-state index >= 15 is 0 Å². The molecule has 0 aliphatic carbocycles. The molecule has 2 aromatic rings. The Morgan fingerprint density at radius 3 is 2.76 bits per heavy atom. The summed E-state index contributed by atoms with van der Waals surface area (Å²) in [6.45, 7) is 0. The maximum atomic E-state index is 13.5. The van der Waals surface area contributed by atoms with Gasteiger partial charge in [0.15, 0.2) is 0 Å². The number of pyridine rings is 1. The van der Waals surface area contributed by atoms with E-state index < -0.39 is 10.7 Å². The average Bonchev–Trinajstić information content (AvgIpc) is 2.47. The third-order valence-electron chi connectivity index (χ3n) is 2.71. The van der Waals surface area contributed by atoms with Crippen LogP contribution in [0.1, 0.15) is 5.56 Å². The highest BCUT2D eigenvalue weighted by Gasteiger charge is 2.18. The largest absolute Gasteiger partial charge is 0.373 e. The van der Waals surface area contributed by atoms with E-state index in [0.29, 0.717) is 5.82 Å². The molecule has 2 rings (SSSR count). The van der Waals surface area contributed by atoms with Gasteiger partial charge in [0.05, 0.1) is 10.6 Å². The zero-order valence-corrected chi connectivity index (χ0v) is 10.9. The summed E-state index contributed by atoms with van der Waals surface area (Å²) in [6.07, 6.45) is 0. The van der Waals surface area contributed by atoms with E-state index in [1.54, 1.807) is 13.1 Å².